The molecule has 0 saturated carbocycles. The Morgan fingerprint density at radius 3 is 2.84 bits per heavy atom. The third-order valence-electron chi connectivity index (χ3n) is 4.23. The lowest BCUT2D eigenvalue weighted by Crippen LogP contribution is -2.43. The fraction of sp³-hybridized carbons (Fsp3) is 0.647. The van der Waals surface area contributed by atoms with Crippen molar-refractivity contribution in [2.75, 3.05) is 24.5 Å². The fourth-order valence-electron chi connectivity index (χ4n) is 2.94. The highest BCUT2D eigenvalue weighted by Crippen LogP contribution is 2.24. The van der Waals surface area contributed by atoms with E-state index in [1.807, 2.05) is 0 Å². The van der Waals surface area contributed by atoms with Crippen LogP contribution in [0.25, 0.3) is 0 Å². The van der Waals surface area contributed by atoms with Gasteiger partial charge in [0.1, 0.15) is 0 Å². The fourth-order valence-corrected chi connectivity index (χ4v) is 2.94. The van der Waals surface area contributed by atoms with Crippen molar-refractivity contribution < 1.29 is 0 Å². The lowest BCUT2D eigenvalue weighted by molar-refractivity contribution is 0.387. The minimum Gasteiger partial charge on any atom is -0.371 e. The summed E-state index contributed by atoms with van der Waals surface area (Å²) in [6.07, 6.45) is 2.48. The zero-order valence-corrected chi connectivity index (χ0v) is 12.9. The molecule has 1 aromatic carbocycles. The van der Waals surface area contributed by atoms with E-state index in [2.05, 4.69) is 56.1 Å². The van der Waals surface area contributed by atoms with E-state index in [0.717, 1.165) is 13.1 Å². The van der Waals surface area contributed by atoms with E-state index >= 15 is 0 Å². The molecule has 1 aromatic rings. The first-order chi connectivity index (χ1) is 9.10. The molecule has 2 unspecified atom stereocenters. The van der Waals surface area contributed by atoms with Gasteiger partial charge < -0.3 is 10.2 Å². The van der Waals surface area contributed by atoms with Crippen molar-refractivity contribution >= 4 is 5.69 Å². The minimum absolute atomic E-state index is 0.676. The number of nitrogens with zero attached hydrogens (tertiary/aromatic N) is 1. The Morgan fingerprint density at radius 2 is 2.11 bits per heavy atom. The Morgan fingerprint density at radius 1 is 1.32 bits per heavy atom. The van der Waals surface area contributed by atoms with E-state index in [-0.39, 0.29) is 0 Å². The Labute approximate surface area is 118 Å². The van der Waals surface area contributed by atoms with Gasteiger partial charge in [-0.25, -0.2) is 0 Å². The molecule has 2 atom stereocenters. The summed E-state index contributed by atoms with van der Waals surface area (Å²) in [6, 6.07) is 7.49. The molecular weight excluding hydrogens is 232 g/mol. The molecule has 0 bridgehead atoms. The highest BCUT2D eigenvalue weighted by atomic mass is 15.1. The predicted octanol–water partition coefficient (Wildman–Crippen LogP) is 3.52. The summed E-state index contributed by atoms with van der Waals surface area (Å²) in [5.74, 6) is 0.703. The first-order valence-corrected chi connectivity index (χ1v) is 7.65. The molecular formula is C17H28N2. The molecule has 106 valence electrons. The third kappa shape index (κ3) is 3.73. The topological polar surface area (TPSA) is 15.3 Å². The van der Waals surface area contributed by atoms with E-state index in [4.69, 9.17) is 0 Å². The van der Waals surface area contributed by atoms with Crippen molar-refractivity contribution in [3.8, 4) is 0 Å². The van der Waals surface area contributed by atoms with Gasteiger partial charge in [0.05, 0.1) is 0 Å². The molecule has 0 spiro atoms. The summed E-state index contributed by atoms with van der Waals surface area (Å²) < 4.78 is 0. The smallest absolute Gasteiger partial charge is 0.0398 e. The van der Waals surface area contributed by atoms with Crippen molar-refractivity contribution in [2.45, 2.75) is 46.6 Å². The van der Waals surface area contributed by atoms with Gasteiger partial charge in [0.2, 0.25) is 0 Å². The van der Waals surface area contributed by atoms with Crippen LogP contribution in [-0.2, 0) is 0 Å². The molecule has 1 aliphatic heterocycles. The Balaban J connectivity index is 2.18. The molecule has 2 nitrogen and oxygen atoms in total. The van der Waals surface area contributed by atoms with E-state index in [1.54, 1.807) is 0 Å². The van der Waals surface area contributed by atoms with Crippen LogP contribution in [0, 0.1) is 19.8 Å². The van der Waals surface area contributed by atoms with Gasteiger partial charge in [0.15, 0.2) is 0 Å². The summed E-state index contributed by atoms with van der Waals surface area (Å²) in [5, 5.41) is 3.69. The zero-order valence-electron chi connectivity index (χ0n) is 12.9. The molecule has 0 aromatic heterocycles. The van der Waals surface area contributed by atoms with E-state index < -0.39 is 0 Å². The second-order valence-electron chi connectivity index (χ2n) is 6.14. The number of anilines is 1. The maximum atomic E-state index is 3.69. The normalized spacial score (nSPS) is 24.9. The molecule has 0 amide bonds. The van der Waals surface area contributed by atoms with Crippen molar-refractivity contribution in [3.05, 3.63) is 29.3 Å². The van der Waals surface area contributed by atoms with Crippen LogP contribution in [0.3, 0.4) is 0 Å². The van der Waals surface area contributed by atoms with Crippen LogP contribution in [0.4, 0.5) is 5.69 Å². The number of aryl methyl sites for hydroxylation is 2. The van der Waals surface area contributed by atoms with Crippen molar-refractivity contribution in [1.29, 1.82) is 0 Å². The maximum absolute atomic E-state index is 3.69. The van der Waals surface area contributed by atoms with Gasteiger partial charge in [0.25, 0.3) is 0 Å². The average molecular weight is 260 g/mol. The molecule has 1 N–H and O–H groups in total. The standard InChI is InChI=1S/C17H28N2/c1-5-16-8-9-19(12-14(3)11-18-16)17-10-13(2)6-7-15(17)4/h6-7,10,14,16,18H,5,8-9,11-12H2,1-4H3. The van der Waals surface area contributed by atoms with E-state index in [1.165, 1.54) is 36.2 Å². The van der Waals surface area contributed by atoms with Crippen LogP contribution in [0.2, 0.25) is 0 Å². The molecule has 0 aliphatic carbocycles. The van der Waals surface area contributed by atoms with Crippen LogP contribution < -0.4 is 10.2 Å². The van der Waals surface area contributed by atoms with E-state index in [0.29, 0.717) is 12.0 Å². The summed E-state index contributed by atoms with van der Waals surface area (Å²) in [5.41, 5.74) is 4.20. The summed E-state index contributed by atoms with van der Waals surface area (Å²) in [4.78, 5) is 2.59. The van der Waals surface area contributed by atoms with Crippen LogP contribution >= 0.6 is 0 Å². The molecule has 1 saturated heterocycles. The Hall–Kier alpha value is -1.02. The molecule has 19 heavy (non-hydrogen) atoms. The quantitative estimate of drug-likeness (QED) is 0.875. The Kier molecular flexibility index (Phi) is 4.87. The van der Waals surface area contributed by atoms with Gasteiger partial charge in [-0.3, -0.25) is 0 Å². The molecule has 1 aliphatic rings. The Bertz CT molecular complexity index is 414. The van der Waals surface area contributed by atoms with E-state index in [9.17, 15) is 0 Å². The van der Waals surface area contributed by atoms with Gasteiger partial charge in [-0.2, -0.15) is 0 Å². The number of hydrogen-bond donors (Lipinski definition) is 1. The summed E-state index contributed by atoms with van der Waals surface area (Å²) in [7, 11) is 0. The molecule has 1 heterocycles. The summed E-state index contributed by atoms with van der Waals surface area (Å²) >= 11 is 0. The first kappa shape index (κ1) is 14.4. The van der Waals surface area contributed by atoms with Crippen LogP contribution in [0.1, 0.15) is 37.8 Å². The maximum Gasteiger partial charge on any atom is 0.0398 e. The van der Waals surface area contributed by atoms with Crippen LogP contribution in [0.15, 0.2) is 18.2 Å². The highest BCUT2D eigenvalue weighted by molar-refractivity contribution is 5.55. The van der Waals surface area contributed by atoms with Crippen molar-refractivity contribution in [1.82, 2.24) is 5.32 Å². The summed E-state index contributed by atoms with van der Waals surface area (Å²) in [6.45, 7) is 12.5. The van der Waals surface area contributed by atoms with Crippen molar-refractivity contribution in [2.24, 2.45) is 5.92 Å². The highest BCUT2D eigenvalue weighted by Gasteiger charge is 2.19. The number of benzene rings is 1. The second kappa shape index (κ2) is 6.42. The SMILES string of the molecule is CCC1CCN(c2cc(C)ccc2C)CC(C)CN1. The molecule has 0 radical (unpaired) electrons. The van der Waals surface area contributed by atoms with Gasteiger partial charge in [0, 0.05) is 24.8 Å². The van der Waals surface area contributed by atoms with Crippen molar-refractivity contribution in [3.63, 3.8) is 0 Å². The average Bonchev–Trinajstić information content (AvgIpc) is 2.37. The number of hydrogen-bond acceptors (Lipinski definition) is 2. The minimum atomic E-state index is 0.676. The third-order valence-corrected chi connectivity index (χ3v) is 4.23. The molecule has 2 rings (SSSR count). The zero-order chi connectivity index (χ0) is 13.8. The first-order valence-electron chi connectivity index (χ1n) is 7.65. The van der Waals surface area contributed by atoms with Crippen LogP contribution in [0.5, 0.6) is 0 Å². The predicted molar refractivity (Wildman–Crippen MR) is 84.0 cm³/mol. The largest absolute Gasteiger partial charge is 0.371 e. The molecule has 1 fully saturated rings. The second-order valence-corrected chi connectivity index (χ2v) is 6.14. The molecule has 2 heteroatoms. The lowest BCUT2D eigenvalue weighted by atomic mass is 10.0. The monoisotopic (exact) mass is 260 g/mol. The lowest BCUT2D eigenvalue weighted by Gasteiger charge is -2.34. The number of nitrogens with one attached hydrogen (secondary N) is 1. The van der Waals surface area contributed by atoms with Gasteiger partial charge in [-0.05, 0) is 56.3 Å². The van der Waals surface area contributed by atoms with Gasteiger partial charge in [-0.15, -0.1) is 0 Å². The van der Waals surface area contributed by atoms with Crippen LogP contribution in [-0.4, -0.2) is 25.7 Å². The van der Waals surface area contributed by atoms with Gasteiger partial charge >= 0.3 is 0 Å². The number of rotatable bonds is 2. The van der Waals surface area contributed by atoms with Gasteiger partial charge in [-0.1, -0.05) is 26.0 Å².